The van der Waals surface area contributed by atoms with Crippen LogP contribution in [0.1, 0.15) is 39.7 Å². The Bertz CT molecular complexity index is 1040. The predicted molar refractivity (Wildman–Crippen MR) is 103 cm³/mol. The molecule has 0 atom stereocenters. The molecule has 0 aliphatic rings. The number of ketones is 1. The van der Waals surface area contributed by atoms with Gasteiger partial charge in [0.05, 0.1) is 0 Å². The van der Waals surface area contributed by atoms with Crippen LogP contribution >= 0.6 is 0 Å². The summed E-state index contributed by atoms with van der Waals surface area (Å²) in [4.78, 5) is 42.7. The molecule has 8 heteroatoms. The number of aryl methyl sites for hydroxylation is 2. The number of aromatic amines is 1. The van der Waals surface area contributed by atoms with E-state index in [-0.39, 0.29) is 30.1 Å². The summed E-state index contributed by atoms with van der Waals surface area (Å²) < 4.78 is 1.24. The van der Waals surface area contributed by atoms with Crippen LogP contribution in [-0.4, -0.2) is 21.9 Å². The highest BCUT2D eigenvalue weighted by Crippen LogP contribution is 2.15. The Kier molecular flexibility index (Phi) is 6.51. The number of rotatable bonds is 7. The molecule has 2 rings (SSSR count). The van der Waals surface area contributed by atoms with Gasteiger partial charge in [-0.15, -0.1) is 0 Å². The molecule has 140 valence electrons. The molecule has 0 aliphatic carbocycles. The number of benzene rings is 1. The number of nitrogens with zero attached hydrogens (tertiary/aromatic N) is 4. The SMILES string of the molecule is CCc1c(C(=O)c2cc(C)cc(C)c2)n(C/C=C/CN=[N+]=[N-])c(=O)[nH]c1=O. The van der Waals surface area contributed by atoms with Gasteiger partial charge in [-0.05, 0) is 37.9 Å². The normalized spacial score (nSPS) is 10.8. The first-order valence-electron chi connectivity index (χ1n) is 8.53. The monoisotopic (exact) mass is 367 g/mol. The average molecular weight is 367 g/mol. The fourth-order valence-electron chi connectivity index (χ4n) is 2.95. The van der Waals surface area contributed by atoms with Gasteiger partial charge in [0, 0.05) is 29.1 Å². The standard InChI is InChI=1S/C19H21N5O3/c1-4-15-16(17(25)14-10-12(2)9-13(3)11-14)24(19(27)22-18(15)26)8-6-5-7-21-23-20/h5-6,9-11H,4,7-8H2,1-3H3,(H,22,26,27)/b6-5+. The van der Waals surface area contributed by atoms with Gasteiger partial charge < -0.3 is 0 Å². The van der Waals surface area contributed by atoms with Gasteiger partial charge in [0.15, 0.2) is 0 Å². The summed E-state index contributed by atoms with van der Waals surface area (Å²) in [5.41, 5.74) is 9.72. The van der Waals surface area contributed by atoms with Crippen LogP contribution in [0.2, 0.25) is 0 Å². The topological polar surface area (TPSA) is 121 Å². The molecule has 0 bridgehead atoms. The minimum absolute atomic E-state index is 0.0788. The first-order valence-corrected chi connectivity index (χ1v) is 8.53. The summed E-state index contributed by atoms with van der Waals surface area (Å²) in [6.07, 6.45) is 3.52. The van der Waals surface area contributed by atoms with Crippen LogP contribution < -0.4 is 11.2 Å². The minimum Gasteiger partial charge on any atom is -0.287 e. The van der Waals surface area contributed by atoms with Crippen molar-refractivity contribution in [3.05, 3.63) is 89.6 Å². The van der Waals surface area contributed by atoms with Crippen LogP contribution in [0.3, 0.4) is 0 Å². The number of carbonyl (C=O) groups excluding carboxylic acids is 1. The van der Waals surface area contributed by atoms with E-state index in [9.17, 15) is 14.4 Å². The second-order valence-corrected chi connectivity index (χ2v) is 6.14. The number of hydrogen-bond donors (Lipinski definition) is 1. The van der Waals surface area contributed by atoms with Gasteiger partial charge in [-0.3, -0.25) is 19.1 Å². The van der Waals surface area contributed by atoms with Crippen LogP contribution in [0.4, 0.5) is 0 Å². The number of carbonyl (C=O) groups is 1. The molecular formula is C19H21N5O3. The van der Waals surface area contributed by atoms with Gasteiger partial charge in [-0.1, -0.05) is 41.4 Å². The van der Waals surface area contributed by atoms with E-state index >= 15 is 0 Å². The summed E-state index contributed by atoms with van der Waals surface area (Å²) in [6, 6.07) is 5.42. The molecule has 0 saturated carbocycles. The van der Waals surface area contributed by atoms with E-state index in [1.54, 1.807) is 31.2 Å². The van der Waals surface area contributed by atoms with Gasteiger partial charge >= 0.3 is 5.69 Å². The van der Waals surface area contributed by atoms with Gasteiger partial charge in [0.2, 0.25) is 5.78 Å². The van der Waals surface area contributed by atoms with Crippen molar-refractivity contribution < 1.29 is 4.79 Å². The van der Waals surface area contributed by atoms with E-state index in [1.165, 1.54) is 4.57 Å². The van der Waals surface area contributed by atoms with Crippen molar-refractivity contribution in [2.45, 2.75) is 33.7 Å². The molecule has 1 heterocycles. The van der Waals surface area contributed by atoms with Crippen molar-refractivity contribution in [1.29, 1.82) is 0 Å². The zero-order valence-corrected chi connectivity index (χ0v) is 15.5. The molecule has 0 unspecified atom stereocenters. The summed E-state index contributed by atoms with van der Waals surface area (Å²) in [5, 5.41) is 3.38. The van der Waals surface area contributed by atoms with Gasteiger partial charge in [-0.2, -0.15) is 0 Å². The number of azide groups is 1. The third-order valence-electron chi connectivity index (χ3n) is 4.05. The van der Waals surface area contributed by atoms with E-state index < -0.39 is 11.2 Å². The molecule has 1 N–H and O–H groups in total. The minimum atomic E-state index is -0.654. The molecule has 0 fully saturated rings. The number of hydrogen-bond acceptors (Lipinski definition) is 4. The third-order valence-corrected chi connectivity index (χ3v) is 4.05. The van der Waals surface area contributed by atoms with Crippen molar-refractivity contribution in [2.75, 3.05) is 6.54 Å². The third kappa shape index (κ3) is 4.62. The molecule has 1 aromatic carbocycles. The Hall–Kier alpha value is -3.38. The van der Waals surface area contributed by atoms with Crippen molar-refractivity contribution in [3.63, 3.8) is 0 Å². The lowest BCUT2D eigenvalue weighted by molar-refractivity contribution is 0.102. The van der Waals surface area contributed by atoms with E-state index in [0.29, 0.717) is 12.0 Å². The molecule has 0 amide bonds. The fraction of sp³-hybridized carbons (Fsp3) is 0.316. The van der Waals surface area contributed by atoms with E-state index in [0.717, 1.165) is 11.1 Å². The number of nitrogens with one attached hydrogen (secondary N) is 1. The smallest absolute Gasteiger partial charge is 0.287 e. The molecule has 1 aromatic heterocycles. The van der Waals surface area contributed by atoms with Gasteiger partial charge in [0.1, 0.15) is 5.69 Å². The summed E-state index contributed by atoms with van der Waals surface area (Å²) in [7, 11) is 0. The molecule has 0 radical (unpaired) electrons. The molecular weight excluding hydrogens is 346 g/mol. The second kappa shape index (κ2) is 8.82. The maximum absolute atomic E-state index is 13.2. The van der Waals surface area contributed by atoms with E-state index in [4.69, 9.17) is 5.53 Å². The fourth-order valence-corrected chi connectivity index (χ4v) is 2.95. The zero-order chi connectivity index (χ0) is 20.0. The Balaban J connectivity index is 2.62. The molecule has 2 aromatic rings. The van der Waals surface area contributed by atoms with E-state index in [1.807, 2.05) is 19.9 Å². The van der Waals surface area contributed by atoms with Crippen LogP contribution in [-0.2, 0) is 13.0 Å². The molecule has 8 nitrogen and oxygen atoms in total. The molecule has 0 aliphatic heterocycles. The van der Waals surface area contributed by atoms with Gasteiger partial charge in [-0.25, -0.2) is 4.79 Å². The summed E-state index contributed by atoms with van der Waals surface area (Å²) >= 11 is 0. The van der Waals surface area contributed by atoms with E-state index in [2.05, 4.69) is 15.0 Å². The van der Waals surface area contributed by atoms with Crippen molar-refractivity contribution >= 4 is 5.78 Å². The highest BCUT2D eigenvalue weighted by Gasteiger charge is 2.21. The lowest BCUT2D eigenvalue weighted by atomic mass is 9.99. The zero-order valence-electron chi connectivity index (χ0n) is 15.5. The van der Waals surface area contributed by atoms with Gasteiger partial charge in [0.25, 0.3) is 5.56 Å². The van der Waals surface area contributed by atoms with Crippen LogP contribution in [0, 0.1) is 13.8 Å². The summed E-state index contributed by atoms with van der Waals surface area (Å²) in [6.45, 7) is 5.74. The number of H-pyrrole nitrogens is 1. The first kappa shape index (κ1) is 19.9. The second-order valence-electron chi connectivity index (χ2n) is 6.14. The lowest BCUT2D eigenvalue weighted by Crippen LogP contribution is -2.37. The van der Waals surface area contributed by atoms with Crippen molar-refractivity contribution in [1.82, 2.24) is 9.55 Å². The quantitative estimate of drug-likeness (QED) is 0.266. The predicted octanol–water partition coefficient (Wildman–Crippen LogP) is 2.81. The summed E-state index contributed by atoms with van der Waals surface area (Å²) in [5.74, 6) is -0.370. The maximum atomic E-state index is 13.2. The Morgan fingerprint density at radius 3 is 2.48 bits per heavy atom. The number of allylic oxidation sites excluding steroid dienone is 1. The van der Waals surface area contributed by atoms with Crippen LogP contribution in [0.15, 0.2) is 45.1 Å². The highest BCUT2D eigenvalue weighted by atomic mass is 16.2. The largest absolute Gasteiger partial charge is 0.329 e. The Labute approximate surface area is 155 Å². The molecule has 0 saturated heterocycles. The molecule has 27 heavy (non-hydrogen) atoms. The molecule has 0 spiro atoms. The first-order chi connectivity index (χ1) is 12.9. The van der Waals surface area contributed by atoms with Crippen LogP contribution in [0.25, 0.3) is 10.4 Å². The number of aromatic nitrogens is 2. The Morgan fingerprint density at radius 2 is 1.89 bits per heavy atom. The average Bonchev–Trinajstić information content (AvgIpc) is 2.61. The van der Waals surface area contributed by atoms with Crippen molar-refractivity contribution in [2.24, 2.45) is 5.11 Å². The Morgan fingerprint density at radius 1 is 1.22 bits per heavy atom. The van der Waals surface area contributed by atoms with Crippen LogP contribution in [0.5, 0.6) is 0 Å². The maximum Gasteiger partial charge on any atom is 0.329 e. The highest BCUT2D eigenvalue weighted by molar-refractivity contribution is 6.09. The lowest BCUT2D eigenvalue weighted by Gasteiger charge is -2.14. The van der Waals surface area contributed by atoms with Crippen molar-refractivity contribution in [3.8, 4) is 0 Å².